The lowest BCUT2D eigenvalue weighted by Gasteiger charge is -2.26. The van der Waals surface area contributed by atoms with Gasteiger partial charge in [-0.3, -0.25) is 19.8 Å². The average Bonchev–Trinajstić information content (AvgIpc) is 2.48. The van der Waals surface area contributed by atoms with Crippen molar-refractivity contribution in [3.8, 4) is 5.75 Å². The van der Waals surface area contributed by atoms with Gasteiger partial charge in [-0.05, 0) is 12.1 Å². The molecule has 0 spiro atoms. The summed E-state index contributed by atoms with van der Waals surface area (Å²) in [6, 6.07) is 4.24. The average molecular weight is 280 g/mol. The Hall–Kier alpha value is -1.99. The van der Waals surface area contributed by atoms with Crippen LogP contribution in [0.3, 0.4) is 0 Å². The van der Waals surface area contributed by atoms with Crippen LogP contribution in [0.25, 0.3) is 0 Å². The minimum Gasteiger partial charge on any atom is -0.492 e. The van der Waals surface area contributed by atoms with E-state index in [1.807, 2.05) is 0 Å². The van der Waals surface area contributed by atoms with Gasteiger partial charge < -0.3 is 9.47 Å². The van der Waals surface area contributed by atoms with Crippen molar-refractivity contribution < 1.29 is 19.2 Å². The van der Waals surface area contributed by atoms with E-state index in [1.165, 1.54) is 12.1 Å². The first kappa shape index (κ1) is 14.4. The molecule has 7 nitrogen and oxygen atoms in total. The van der Waals surface area contributed by atoms with Gasteiger partial charge in [0.25, 0.3) is 5.69 Å². The molecule has 0 saturated carbocycles. The molecule has 0 bridgehead atoms. The van der Waals surface area contributed by atoms with Crippen molar-refractivity contribution in [2.45, 2.75) is 0 Å². The first-order valence-corrected chi connectivity index (χ1v) is 6.37. The van der Waals surface area contributed by atoms with Crippen LogP contribution in [-0.4, -0.2) is 55.6 Å². The Morgan fingerprint density at radius 1 is 1.40 bits per heavy atom. The van der Waals surface area contributed by atoms with E-state index in [4.69, 9.17) is 9.47 Å². The lowest BCUT2D eigenvalue weighted by molar-refractivity contribution is -0.385. The quantitative estimate of drug-likeness (QED) is 0.441. The number of nitrogens with zero attached hydrogens (tertiary/aromatic N) is 2. The van der Waals surface area contributed by atoms with Crippen molar-refractivity contribution in [1.82, 2.24) is 4.90 Å². The van der Waals surface area contributed by atoms with Crippen molar-refractivity contribution in [3.05, 3.63) is 33.9 Å². The maximum absolute atomic E-state index is 10.8. The van der Waals surface area contributed by atoms with Crippen molar-refractivity contribution >= 4 is 12.0 Å². The Labute approximate surface area is 116 Å². The van der Waals surface area contributed by atoms with Crippen molar-refractivity contribution in [3.63, 3.8) is 0 Å². The second kappa shape index (κ2) is 6.97. The van der Waals surface area contributed by atoms with Crippen molar-refractivity contribution in [1.29, 1.82) is 0 Å². The molecular formula is C13H16N2O5. The van der Waals surface area contributed by atoms with Gasteiger partial charge in [0.1, 0.15) is 12.4 Å². The molecule has 0 radical (unpaired) electrons. The molecule has 1 heterocycles. The summed E-state index contributed by atoms with van der Waals surface area (Å²) >= 11 is 0. The highest BCUT2D eigenvalue weighted by Crippen LogP contribution is 2.23. The lowest BCUT2D eigenvalue weighted by Crippen LogP contribution is -2.38. The van der Waals surface area contributed by atoms with Gasteiger partial charge in [-0.1, -0.05) is 0 Å². The van der Waals surface area contributed by atoms with Crippen LogP contribution < -0.4 is 4.74 Å². The van der Waals surface area contributed by atoms with Gasteiger partial charge in [-0.15, -0.1) is 0 Å². The highest BCUT2D eigenvalue weighted by Gasteiger charge is 2.15. The number of hydrogen-bond acceptors (Lipinski definition) is 6. The molecule has 0 atom stereocenters. The number of rotatable bonds is 6. The zero-order valence-electron chi connectivity index (χ0n) is 11.0. The summed E-state index contributed by atoms with van der Waals surface area (Å²) in [4.78, 5) is 23.1. The van der Waals surface area contributed by atoms with Gasteiger partial charge >= 0.3 is 0 Å². The van der Waals surface area contributed by atoms with Crippen LogP contribution in [0.4, 0.5) is 5.69 Å². The molecule has 0 N–H and O–H groups in total. The molecule has 20 heavy (non-hydrogen) atoms. The Balaban J connectivity index is 1.90. The van der Waals surface area contributed by atoms with Crippen molar-refractivity contribution in [2.75, 3.05) is 39.5 Å². The van der Waals surface area contributed by atoms with E-state index in [0.29, 0.717) is 18.6 Å². The standard InChI is InChI=1S/C13H16N2O5/c16-10-11-1-2-12(9-13(11)15(17)18)20-8-5-14-3-6-19-7-4-14/h1-2,9-10H,3-8H2. The lowest BCUT2D eigenvalue weighted by atomic mass is 10.2. The fraction of sp³-hybridized carbons (Fsp3) is 0.462. The second-order valence-corrected chi connectivity index (χ2v) is 4.40. The molecule has 1 aromatic rings. The summed E-state index contributed by atoms with van der Waals surface area (Å²) < 4.78 is 10.7. The molecule has 0 aliphatic carbocycles. The molecular weight excluding hydrogens is 264 g/mol. The highest BCUT2D eigenvalue weighted by molar-refractivity contribution is 5.81. The number of aldehydes is 1. The maximum atomic E-state index is 10.8. The van der Waals surface area contributed by atoms with Crippen molar-refractivity contribution in [2.24, 2.45) is 0 Å². The monoisotopic (exact) mass is 280 g/mol. The third kappa shape index (κ3) is 3.75. The predicted molar refractivity (Wildman–Crippen MR) is 71.2 cm³/mol. The molecule has 1 aliphatic rings. The smallest absolute Gasteiger partial charge is 0.283 e. The number of carbonyl (C=O) groups is 1. The van der Waals surface area contributed by atoms with E-state index < -0.39 is 4.92 Å². The molecule has 1 saturated heterocycles. The van der Waals surface area contributed by atoms with Crippen LogP contribution in [0, 0.1) is 10.1 Å². The van der Waals surface area contributed by atoms with E-state index >= 15 is 0 Å². The second-order valence-electron chi connectivity index (χ2n) is 4.40. The molecule has 0 aromatic heterocycles. The predicted octanol–water partition coefficient (Wildman–Crippen LogP) is 1.12. The molecule has 1 aromatic carbocycles. The Kier molecular flexibility index (Phi) is 5.03. The SMILES string of the molecule is O=Cc1ccc(OCCN2CCOCC2)cc1[N+](=O)[O-]. The molecule has 1 fully saturated rings. The van der Waals surface area contributed by atoms with E-state index in [2.05, 4.69) is 4.90 Å². The van der Waals surface area contributed by atoms with Crippen LogP contribution in [0.15, 0.2) is 18.2 Å². The van der Waals surface area contributed by atoms with Crippen LogP contribution in [0.2, 0.25) is 0 Å². The molecule has 1 aliphatic heterocycles. The number of nitro groups is 1. The van der Waals surface area contributed by atoms with E-state index in [0.717, 1.165) is 32.8 Å². The zero-order chi connectivity index (χ0) is 14.4. The third-order valence-corrected chi connectivity index (χ3v) is 3.11. The molecule has 0 unspecified atom stereocenters. The molecule has 7 heteroatoms. The minimum atomic E-state index is -0.585. The zero-order valence-corrected chi connectivity index (χ0v) is 11.0. The summed E-state index contributed by atoms with van der Waals surface area (Å²) in [5.41, 5.74) is -0.181. The number of morpholine rings is 1. The van der Waals surface area contributed by atoms with E-state index in [-0.39, 0.29) is 11.3 Å². The van der Waals surface area contributed by atoms with Gasteiger partial charge in [-0.25, -0.2) is 0 Å². The molecule has 108 valence electrons. The minimum absolute atomic E-state index is 0.0514. The van der Waals surface area contributed by atoms with Gasteiger partial charge in [0.2, 0.25) is 0 Å². The van der Waals surface area contributed by atoms with Gasteiger partial charge in [0.05, 0.1) is 29.8 Å². The van der Waals surface area contributed by atoms with E-state index in [9.17, 15) is 14.9 Å². The fourth-order valence-corrected chi connectivity index (χ4v) is 1.99. The number of hydrogen-bond donors (Lipinski definition) is 0. The van der Waals surface area contributed by atoms with Crippen LogP contribution >= 0.6 is 0 Å². The number of nitro benzene ring substituents is 1. The number of ether oxygens (including phenoxy) is 2. The van der Waals surface area contributed by atoms with Gasteiger partial charge in [0, 0.05) is 19.6 Å². The molecule has 0 amide bonds. The number of carbonyl (C=O) groups excluding carboxylic acids is 1. The molecule has 2 rings (SSSR count). The summed E-state index contributed by atoms with van der Waals surface area (Å²) in [5, 5.41) is 10.8. The summed E-state index contributed by atoms with van der Waals surface area (Å²) in [6.07, 6.45) is 0.468. The largest absolute Gasteiger partial charge is 0.492 e. The number of benzene rings is 1. The Morgan fingerprint density at radius 2 is 2.15 bits per heavy atom. The van der Waals surface area contributed by atoms with Crippen LogP contribution in [0.1, 0.15) is 10.4 Å². The maximum Gasteiger partial charge on any atom is 0.283 e. The fourth-order valence-electron chi connectivity index (χ4n) is 1.99. The summed E-state index contributed by atoms with van der Waals surface area (Å²) in [5.74, 6) is 0.399. The first-order chi connectivity index (χ1) is 9.70. The van der Waals surface area contributed by atoms with Gasteiger partial charge in [0.15, 0.2) is 6.29 Å². The highest BCUT2D eigenvalue weighted by atomic mass is 16.6. The van der Waals surface area contributed by atoms with Crippen LogP contribution in [-0.2, 0) is 4.74 Å². The Bertz CT molecular complexity index is 486. The van der Waals surface area contributed by atoms with Gasteiger partial charge in [-0.2, -0.15) is 0 Å². The Morgan fingerprint density at radius 3 is 2.80 bits per heavy atom. The first-order valence-electron chi connectivity index (χ1n) is 6.37. The van der Waals surface area contributed by atoms with E-state index in [1.54, 1.807) is 6.07 Å². The summed E-state index contributed by atoms with van der Waals surface area (Å²) in [6.45, 7) is 4.37. The normalized spacial score (nSPS) is 15.8. The summed E-state index contributed by atoms with van der Waals surface area (Å²) in [7, 11) is 0. The van der Waals surface area contributed by atoms with Crippen LogP contribution in [0.5, 0.6) is 5.75 Å². The third-order valence-electron chi connectivity index (χ3n) is 3.11. The topological polar surface area (TPSA) is 81.9 Å².